The Labute approximate surface area is 102 Å². The summed E-state index contributed by atoms with van der Waals surface area (Å²) >= 11 is 0. The summed E-state index contributed by atoms with van der Waals surface area (Å²) in [6, 6.07) is 0. The van der Waals surface area contributed by atoms with E-state index in [0.717, 1.165) is 0 Å². The van der Waals surface area contributed by atoms with Crippen LogP contribution < -0.4 is 5.32 Å². The minimum absolute atomic E-state index is 0.0866. The second-order valence-electron chi connectivity index (χ2n) is 3.76. The maximum absolute atomic E-state index is 11.2. The minimum atomic E-state index is -0.530. The lowest BCUT2D eigenvalue weighted by Crippen LogP contribution is -2.12. The smallest absolute Gasteiger partial charge is 0.338 e. The Kier molecular flexibility index (Phi) is 3.06. The second kappa shape index (κ2) is 4.53. The van der Waals surface area contributed by atoms with Crippen LogP contribution in [0, 0.1) is 24.0 Å². The fourth-order valence-corrected chi connectivity index (χ4v) is 1.76. The van der Waals surface area contributed by atoms with Crippen molar-refractivity contribution in [3.05, 3.63) is 21.4 Å². The van der Waals surface area contributed by atoms with Crippen LogP contribution in [0.1, 0.15) is 11.3 Å². The molecule has 0 atom stereocenters. The molecule has 0 saturated heterocycles. The number of pyridine rings is 1. The van der Waals surface area contributed by atoms with Gasteiger partial charge in [-0.1, -0.05) is 0 Å². The van der Waals surface area contributed by atoms with Gasteiger partial charge in [0.25, 0.3) is 5.65 Å². The maximum Gasteiger partial charge on any atom is 0.338 e. The van der Waals surface area contributed by atoms with Crippen molar-refractivity contribution in [2.24, 2.45) is 0 Å². The van der Waals surface area contributed by atoms with E-state index in [2.05, 4.69) is 20.8 Å². The summed E-state index contributed by atoms with van der Waals surface area (Å²) in [6.45, 7) is 3.61. The first-order valence-corrected chi connectivity index (χ1v) is 5.28. The van der Waals surface area contributed by atoms with Crippen LogP contribution in [0.2, 0.25) is 0 Å². The normalized spacial score (nSPS) is 10.8. The number of fused-ring (bicyclic) bond motifs is 1. The summed E-state index contributed by atoms with van der Waals surface area (Å²) < 4.78 is 1.33. The third kappa shape index (κ3) is 1.74. The number of nitro groups is 1. The third-order valence-electron chi connectivity index (χ3n) is 2.75. The van der Waals surface area contributed by atoms with Gasteiger partial charge in [-0.2, -0.15) is 4.52 Å². The highest BCUT2D eigenvalue weighted by molar-refractivity contribution is 5.78. The zero-order chi connectivity index (χ0) is 13.3. The molecule has 96 valence electrons. The molecule has 9 heteroatoms. The van der Waals surface area contributed by atoms with Crippen LogP contribution in [0.5, 0.6) is 0 Å². The number of nitrogens with one attached hydrogen (secondary N) is 1. The SMILES string of the molecule is Cc1c(NCCO)c([N+](=O)[O-])c2nnnn2c1C. The molecule has 0 saturated carbocycles. The molecule has 18 heavy (non-hydrogen) atoms. The number of aromatic nitrogens is 4. The van der Waals surface area contributed by atoms with Crippen molar-refractivity contribution in [3.8, 4) is 0 Å². The van der Waals surface area contributed by atoms with E-state index in [0.29, 0.717) is 16.9 Å². The van der Waals surface area contributed by atoms with E-state index in [1.807, 2.05) is 0 Å². The molecule has 0 bridgehead atoms. The average molecular weight is 252 g/mol. The molecule has 2 N–H and O–H groups in total. The number of nitrogens with zero attached hydrogens (tertiary/aromatic N) is 5. The van der Waals surface area contributed by atoms with Gasteiger partial charge in [-0.05, 0) is 24.3 Å². The van der Waals surface area contributed by atoms with Crippen LogP contribution in [-0.2, 0) is 0 Å². The Morgan fingerprint density at radius 1 is 1.50 bits per heavy atom. The van der Waals surface area contributed by atoms with Crippen molar-refractivity contribution < 1.29 is 10.0 Å². The zero-order valence-corrected chi connectivity index (χ0v) is 9.91. The molecule has 0 aliphatic rings. The first kappa shape index (κ1) is 12.2. The second-order valence-corrected chi connectivity index (χ2v) is 3.76. The Morgan fingerprint density at radius 2 is 2.22 bits per heavy atom. The molecule has 2 rings (SSSR count). The molecule has 0 fully saturated rings. The summed E-state index contributed by atoms with van der Waals surface area (Å²) in [7, 11) is 0. The molecular weight excluding hydrogens is 240 g/mol. The highest BCUT2D eigenvalue weighted by Crippen LogP contribution is 2.33. The fraction of sp³-hybridized carbons (Fsp3) is 0.444. The van der Waals surface area contributed by atoms with Crippen LogP contribution >= 0.6 is 0 Å². The number of hydrogen-bond acceptors (Lipinski definition) is 7. The minimum Gasteiger partial charge on any atom is -0.395 e. The Bertz CT molecular complexity index is 608. The molecule has 2 aromatic heterocycles. The molecule has 0 aliphatic carbocycles. The Morgan fingerprint density at radius 3 is 2.83 bits per heavy atom. The van der Waals surface area contributed by atoms with Gasteiger partial charge in [0.05, 0.1) is 11.5 Å². The molecule has 0 spiro atoms. The standard InChI is InChI=1S/C9H12N6O3/c1-5-6(2)14-9(11-12-13-14)8(15(17)18)7(5)10-3-4-16/h10,16H,3-4H2,1-2H3. The summed E-state index contributed by atoms with van der Waals surface area (Å²) in [4.78, 5) is 10.6. The Balaban J connectivity index is 2.75. The summed E-state index contributed by atoms with van der Waals surface area (Å²) in [6.07, 6.45) is 0. The molecule has 0 aromatic carbocycles. The summed E-state index contributed by atoms with van der Waals surface area (Å²) in [5.41, 5.74) is 1.63. The number of aryl methyl sites for hydroxylation is 1. The van der Waals surface area contributed by atoms with Gasteiger partial charge >= 0.3 is 5.69 Å². The van der Waals surface area contributed by atoms with Crippen LogP contribution in [0.3, 0.4) is 0 Å². The molecule has 0 aliphatic heterocycles. The number of hydrogen-bond donors (Lipinski definition) is 2. The Hall–Kier alpha value is -2.29. The van der Waals surface area contributed by atoms with E-state index < -0.39 is 4.92 Å². The summed E-state index contributed by atoms with van der Waals surface area (Å²) in [5, 5.41) is 33.6. The largest absolute Gasteiger partial charge is 0.395 e. The van der Waals surface area contributed by atoms with E-state index >= 15 is 0 Å². The molecule has 0 amide bonds. The monoisotopic (exact) mass is 252 g/mol. The zero-order valence-electron chi connectivity index (χ0n) is 9.91. The quantitative estimate of drug-likeness (QED) is 0.583. The van der Waals surface area contributed by atoms with E-state index in [1.54, 1.807) is 13.8 Å². The predicted molar refractivity (Wildman–Crippen MR) is 62.5 cm³/mol. The molecule has 0 radical (unpaired) electrons. The molecule has 9 nitrogen and oxygen atoms in total. The van der Waals surface area contributed by atoms with Crippen molar-refractivity contribution >= 4 is 17.0 Å². The summed E-state index contributed by atoms with van der Waals surface area (Å²) in [5.74, 6) is 0. The third-order valence-corrected chi connectivity index (χ3v) is 2.75. The van der Waals surface area contributed by atoms with Crippen LogP contribution in [0.4, 0.5) is 11.4 Å². The number of anilines is 1. The lowest BCUT2D eigenvalue weighted by molar-refractivity contribution is -0.382. The highest BCUT2D eigenvalue weighted by Gasteiger charge is 2.26. The molecule has 0 unspecified atom stereocenters. The van der Waals surface area contributed by atoms with Crippen molar-refractivity contribution in [3.63, 3.8) is 0 Å². The van der Waals surface area contributed by atoms with Gasteiger partial charge in [-0.15, -0.1) is 5.10 Å². The highest BCUT2D eigenvalue weighted by atomic mass is 16.6. The number of rotatable bonds is 4. The van der Waals surface area contributed by atoms with E-state index in [-0.39, 0.29) is 24.5 Å². The molecular formula is C9H12N6O3. The van der Waals surface area contributed by atoms with Crippen molar-refractivity contribution in [1.29, 1.82) is 0 Å². The van der Waals surface area contributed by atoms with Crippen LogP contribution in [0.15, 0.2) is 0 Å². The van der Waals surface area contributed by atoms with Gasteiger partial charge in [-0.25, -0.2) is 0 Å². The number of aliphatic hydroxyl groups excluding tert-OH is 1. The van der Waals surface area contributed by atoms with Crippen LogP contribution in [0.25, 0.3) is 5.65 Å². The van der Waals surface area contributed by atoms with Gasteiger partial charge in [0.2, 0.25) is 0 Å². The number of aliphatic hydroxyl groups is 1. The molecule has 2 heterocycles. The average Bonchev–Trinajstić information content (AvgIpc) is 2.80. The fourth-order valence-electron chi connectivity index (χ4n) is 1.76. The number of tetrazole rings is 1. The van der Waals surface area contributed by atoms with Gasteiger partial charge in [0, 0.05) is 17.8 Å². The van der Waals surface area contributed by atoms with Gasteiger partial charge < -0.3 is 10.4 Å². The lowest BCUT2D eigenvalue weighted by Gasteiger charge is -2.11. The maximum atomic E-state index is 11.2. The topological polar surface area (TPSA) is 118 Å². The van der Waals surface area contributed by atoms with Crippen molar-refractivity contribution in [2.45, 2.75) is 13.8 Å². The predicted octanol–water partition coefficient (Wildman–Crippen LogP) is 0.0535. The first-order valence-electron chi connectivity index (χ1n) is 5.28. The first-order chi connectivity index (χ1) is 8.57. The van der Waals surface area contributed by atoms with E-state index in [1.165, 1.54) is 4.52 Å². The molecule has 2 aromatic rings. The van der Waals surface area contributed by atoms with E-state index in [4.69, 9.17) is 5.11 Å². The van der Waals surface area contributed by atoms with Gasteiger partial charge in [0.15, 0.2) is 0 Å². The van der Waals surface area contributed by atoms with Crippen molar-refractivity contribution in [1.82, 2.24) is 20.0 Å². The van der Waals surface area contributed by atoms with E-state index in [9.17, 15) is 10.1 Å². The van der Waals surface area contributed by atoms with Crippen molar-refractivity contribution in [2.75, 3.05) is 18.5 Å². The van der Waals surface area contributed by atoms with Gasteiger partial charge in [0.1, 0.15) is 5.69 Å². The lowest BCUT2D eigenvalue weighted by atomic mass is 10.1. The van der Waals surface area contributed by atoms with Crippen LogP contribution in [-0.4, -0.2) is 43.2 Å². The van der Waals surface area contributed by atoms with Gasteiger partial charge in [-0.3, -0.25) is 10.1 Å².